The first-order valence-electron chi connectivity index (χ1n) is 6.22. The molecule has 0 aromatic heterocycles. The third kappa shape index (κ3) is 3.12. The van der Waals surface area contributed by atoms with Crippen LogP contribution in [0.25, 0.3) is 11.1 Å². The van der Waals surface area contributed by atoms with Gasteiger partial charge in [0, 0.05) is 12.1 Å². The lowest BCUT2D eigenvalue weighted by molar-refractivity contribution is 0.112. The first-order chi connectivity index (χ1) is 9.56. The Kier molecular flexibility index (Phi) is 4.32. The van der Waals surface area contributed by atoms with Gasteiger partial charge in [0.05, 0.1) is 4.90 Å². The van der Waals surface area contributed by atoms with E-state index in [4.69, 9.17) is 0 Å². The van der Waals surface area contributed by atoms with Crippen LogP contribution in [0.2, 0.25) is 0 Å². The van der Waals surface area contributed by atoms with Crippen molar-refractivity contribution in [1.29, 1.82) is 0 Å². The van der Waals surface area contributed by atoms with Crippen molar-refractivity contribution in [2.45, 2.75) is 11.8 Å². The van der Waals surface area contributed by atoms with E-state index in [1.54, 1.807) is 43.3 Å². The van der Waals surface area contributed by atoms with E-state index in [2.05, 4.69) is 4.72 Å². The Hall–Kier alpha value is -1.98. The number of hydrogen-bond acceptors (Lipinski definition) is 3. The molecule has 2 aromatic rings. The summed E-state index contributed by atoms with van der Waals surface area (Å²) in [5, 5.41) is 0. The molecule has 0 radical (unpaired) electrons. The molecule has 0 amide bonds. The number of aldehydes is 1. The second-order valence-electron chi connectivity index (χ2n) is 4.27. The predicted octanol–water partition coefficient (Wildman–Crippen LogP) is 2.46. The SMILES string of the molecule is CCNS(=O)(=O)c1ccc(-c2ccc(C=O)cc2)cc1. The minimum atomic E-state index is -3.42. The monoisotopic (exact) mass is 289 g/mol. The van der Waals surface area contributed by atoms with Gasteiger partial charge in [-0.05, 0) is 23.3 Å². The van der Waals surface area contributed by atoms with E-state index in [1.807, 2.05) is 12.1 Å². The van der Waals surface area contributed by atoms with E-state index < -0.39 is 10.0 Å². The van der Waals surface area contributed by atoms with Crippen molar-refractivity contribution in [2.75, 3.05) is 6.54 Å². The maximum atomic E-state index is 11.8. The Morgan fingerprint density at radius 3 is 1.90 bits per heavy atom. The molecule has 0 saturated heterocycles. The Balaban J connectivity index is 2.29. The highest BCUT2D eigenvalue weighted by molar-refractivity contribution is 7.89. The summed E-state index contributed by atoms with van der Waals surface area (Å²) in [6.07, 6.45) is 0.788. The third-order valence-corrected chi connectivity index (χ3v) is 4.44. The van der Waals surface area contributed by atoms with E-state index in [-0.39, 0.29) is 4.90 Å². The Morgan fingerprint density at radius 1 is 0.950 bits per heavy atom. The van der Waals surface area contributed by atoms with Crippen LogP contribution in [0.1, 0.15) is 17.3 Å². The van der Waals surface area contributed by atoms with Gasteiger partial charge in [-0.1, -0.05) is 43.3 Å². The van der Waals surface area contributed by atoms with Gasteiger partial charge in [-0.15, -0.1) is 0 Å². The maximum absolute atomic E-state index is 11.8. The van der Waals surface area contributed by atoms with Crippen LogP contribution in [-0.4, -0.2) is 21.2 Å². The number of sulfonamides is 1. The molecule has 5 heteroatoms. The van der Waals surface area contributed by atoms with Gasteiger partial charge in [0.2, 0.25) is 10.0 Å². The summed E-state index contributed by atoms with van der Waals surface area (Å²) in [7, 11) is -3.42. The first kappa shape index (κ1) is 14.4. The number of carbonyl (C=O) groups is 1. The van der Waals surface area contributed by atoms with Crippen LogP contribution >= 0.6 is 0 Å². The Labute approximate surface area is 118 Å². The minimum Gasteiger partial charge on any atom is -0.298 e. The normalized spacial score (nSPS) is 11.2. The predicted molar refractivity (Wildman–Crippen MR) is 78.1 cm³/mol. The number of nitrogens with one attached hydrogen (secondary N) is 1. The fourth-order valence-corrected chi connectivity index (χ4v) is 2.90. The third-order valence-electron chi connectivity index (χ3n) is 2.88. The van der Waals surface area contributed by atoms with Crippen LogP contribution in [0.4, 0.5) is 0 Å². The summed E-state index contributed by atoms with van der Waals surface area (Å²) in [6, 6.07) is 13.8. The first-order valence-corrected chi connectivity index (χ1v) is 7.70. The highest BCUT2D eigenvalue weighted by atomic mass is 32.2. The van der Waals surface area contributed by atoms with Gasteiger partial charge in [0.15, 0.2) is 0 Å². The molecule has 0 fully saturated rings. The molecule has 0 spiro atoms. The van der Waals surface area contributed by atoms with E-state index in [0.29, 0.717) is 12.1 Å². The molecule has 0 saturated carbocycles. The smallest absolute Gasteiger partial charge is 0.240 e. The number of rotatable bonds is 5. The van der Waals surface area contributed by atoms with E-state index in [9.17, 15) is 13.2 Å². The van der Waals surface area contributed by atoms with Crippen LogP contribution in [0.15, 0.2) is 53.4 Å². The molecule has 0 aliphatic rings. The standard InChI is InChI=1S/C15H15NO3S/c1-2-16-20(18,19)15-9-7-14(8-10-15)13-5-3-12(11-17)4-6-13/h3-11,16H,2H2,1H3. The zero-order chi connectivity index (χ0) is 14.6. The Bertz CT molecular complexity index is 689. The van der Waals surface area contributed by atoms with Gasteiger partial charge in [-0.3, -0.25) is 4.79 Å². The molecular weight excluding hydrogens is 274 g/mol. The summed E-state index contributed by atoms with van der Waals surface area (Å²) in [6.45, 7) is 2.09. The van der Waals surface area contributed by atoms with E-state index in [1.165, 1.54) is 0 Å². The fourth-order valence-electron chi connectivity index (χ4n) is 1.85. The van der Waals surface area contributed by atoms with Crippen molar-refractivity contribution in [3.63, 3.8) is 0 Å². The highest BCUT2D eigenvalue weighted by Gasteiger charge is 2.11. The van der Waals surface area contributed by atoms with Crippen LogP contribution in [0, 0.1) is 0 Å². The number of hydrogen-bond donors (Lipinski definition) is 1. The molecule has 2 rings (SSSR count). The quantitative estimate of drug-likeness (QED) is 0.860. The zero-order valence-electron chi connectivity index (χ0n) is 11.0. The molecule has 0 heterocycles. The zero-order valence-corrected chi connectivity index (χ0v) is 11.9. The van der Waals surface area contributed by atoms with Crippen molar-refractivity contribution < 1.29 is 13.2 Å². The molecule has 4 nitrogen and oxygen atoms in total. The van der Waals surface area contributed by atoms with Gasteiger partial charge >= 0.3 is 0 Å². The minimum absolute atomic E-state index is 0.243. The van der Waals surface area contributed by atoms with Crippen LogP contribution in [0.5, 0.6) is 0 Å². The second-order valence-corrected chi connectivity index (χ2v) is 6.03. The number of carbonyl (C=O) groups excluding carboxylic acids is 1. The molecule has 0 unspecified atom stereocenters. The van der Waals surface area contributed by atoms with Crippen molar-refractivity contribution >= 4 is 16.3 Å². The summed E-state index contributed by atoms with van der Waals surface area (Å²) >= 11 is 0. The van der Waals surface area contributed by atoms with Crippen molar-refractivity contribution in [2.24, 2.45) is 0 Å². The summed E-state index contributed by atoms with van der Waals surface area (Å²) in [5.74, 6) is 0. The van der Waals surface area contributed by atoms with Crippen LogP contribution in [0.3, 0.4) is 0 Å². The molecule has 2 aromatic carbocycles. The Morgan fingerprint density at radius 2 is 1.45 bits per heavy atom. The van der Waals surface area contributed by atoms with E-state index in [0.717, 1.165) is 17.4 Å². The van der Waals surface area contributed by atoms with Crippen LogP contribution < -0.4 is 4.72 Å². The maximum Gasteiger partial charge on any atom is 0.240 e. The molecule has 0 aliphatic heterocycles. The molecule has 0 aliphatic carbocycles. The fraction of sp³-hybridized carbons (Fsp3) is 0.133. The topological polar surface area (TPSA) is 63.2 Å². The summed E-state index contributed by atoms with van der Waals surface area (Å²) < 4.78 is 26.1. The van der Waals surface area contributed by atoms with Gasteiger partial charge in [-0.2, -0.15) is 0 Å². The molecule has 104 valence electrons. The molecule has 20 heavy (non-hydrogen) atoms. The van der Waals surface area contributed by atoms with Crippen molar-refractivity contribution in [3.05, 3.63) is 54.1 Å². The van der Waals surface area contributed by atoms with E-state index >= 15 is 0 Å². The molecular formula is C15H15NO3S. The average molecular weight is 289 g/mol. The van der Waals surface area contributed by atoms with Crippen molar-refractivity contribution in [3.8, 4) is 11.1 Å². The lowest BCUT2D eigenvalue weighted by Gasteiger charge is -2.06. The lowest BCUT2D eigenvalue weighted by atomic mass is 10.0. The summed E-state index contributed by atoms with van der Waals surface area (Å²) in [4.78, 5) is 10.8. The van der Waals surface area contributed by atoms with Gasteiger partial charge in [0.25, 0.3) is 0 Å². The van der Waals surface area contributed by atoms with Gasteiger partial charge in [-0.25, -0.2) is 13.1 Å². The lowest BCUT2D eigenvalue weighted by Crippen LogP contribution is -2.22. The molecule has 0 atom stereocenters. The number of benzene rings is 2. The molecule has 1 N–H and O–H groups in total. The summed E-state index contributed by atoms with van der Waals surface area (Å²) in [5.41, 5.74) is 2.45. The average Bonchev–Trinajstić information content (AvgIpc) is 2.47. The van der Waals surface area contributed by atoms with Crippen molar-refractivity contribution in [1.82, 2.24) is 4.72 Å². The highest BCUT2D eigenvalue weighted by Crippen LogP contribution is 2.21. The van der Waals surface area contributed by atoms with Crippen LogP contribution in [-0.2, 0) is 10.0 Å². The van der Waals surface area contributed by atoms with Gasteiger partial charge < -0.3 is 0 Å². The molecule has 0 bridgehead atoms. The van der Waals surface area contributed by atoms with Gasteiger partial charge in [0.1, 0.15) is 6.29 Å². The second kappa shape index (κ2) is 5.98. The largest absolute Gasteiger partial charge is 0.298 e.